The lowest BCUT2D eigenvalue weighted by Crippen LogP contribution is -2.49. The summed E-state index contributed by atoms with van der Waals surface area (Å²) < 4.78 is 11.0. The minimum Gasteiger partial charge on any atom is -0.374 e. The lowest BCUT2D eigenvalue weighted by Gasteiger charge is -2.33. The molecule has 0 radical (unpaired) electrons. The molecule has 0 spiro atoms. The number of ether oxygens (including phenoxy) is 1. The van der Waals surface area contributed by atoms with Crippen LogP contribution in [0.4, 0.5) is 0 Å². The largest absolute Gasteiger partial charge is 0.374 e. The van der Waals surface area contributed by atoms with E-state index in [9.17, 15) is 0 Å². The number of aromatic nitrogens is 2. The molecule has 2 unspecified atom stereocenters. The van der Waals surface area contributed by atoms with Gasteiger partial charge in [-0.1, -0.05) is 11.2 Å². The second kappa shape index (κ2) is 6.01. The summed E-state index contributed by atoms with van der Waals surface area (Å²) in [6, 6.07) is 3.99. The second-order valence-corrected chi connectivity index (χ2v) is 5.94. The fourth-order valence-electron chi connectivity index (χ4n) is 2.21. The Morgan fingerprint density at radius 1 is 1.60 bits per heavy atom. The van der Waals surface area contributed by atoms with E-state index in [1.165, 1.54) is 0 Å². The van der Waals surface area contributed by atoms with Gasteiger partial charge >= 0.3 is 0 Å². The van der Waals surface area contributed by atoms with E-state index in [0.717, 1.165) is 18.0 Å². The molecule has 7 heteroatoms. The zero-order chi connectivity index (χ0) is 13.9. The van der Waals surface area contributed by atoms with Gasteiger partial charge in [-0.25, -0.2) is 0 Å². The summed E-state index contributed by atoms with van der Waals surface area (Å²) in [6.45, 7) is 4.97. The third-order valence-corrected chi connectivity index (χ3v) is 4.20. The molecule has 1 saturated heterocycles. The summed E-state index contributed by atoms with van der Waals surface area (Å²) in [5.74, 6) is 1.30. The van der Waals surface area contributed by atoms with Crippen molar-refractivity contribution in [2.24, 2.45) is 5.73 Å². The molecule has 0 amide bonds. The van der Waals surface area contributed by atoms with Gasteiger partial charge in [0.25, 0.3) is 0 Å². The van der Waals surface area contributed by atoms with Crippen molar-refractivity contribution < 1.29 is 9.26 Å². The van der Waals surface area contributed by atoms with Crippen LogP contribution < -0.4 is 5.73 Å². The minimum atomic E-state index is 0.0298. The van der Waals surface area contributed by atoms with Crippen LogP contribution in [0, 0.1) is 0 Å². The lowest BCUT2D eigenvalue weighted by atomic mass is 10.1. The van der Waals surface area contributed by atoms with Crippen LogP contribution in [0.3, 0.4) is 0 Å². The Hall–Kier alpha value is -1.28. The molecule has 3 heterocycles. The molecule has 1 aliphatic rings. The van der Waals surface area contributed by atoms with E-state index in [0.29, 0.717) is 24.9 Å². The minimum absolute atomic E-state index is 0.0298. The first-order valence-electron chi connectivity index (χ1n) is 6.68. The number of hydrogen-bond acceptors (Lipinski definition) is 7. The highest BCUT2D eigenvalue weighted by Gasteiger charge is 2.24. The van der Waals surface area contributed by atoms with E-state index < -0.39 is 0 Å². The fraction of sp³-hybridized carbons (Fsp3) is 0.538. The summed E-state index contributed by atoms with van der Waals surface area (Å²) in [6.07, 6.45) is 0.0726. The third-order valence-electron chi connectivity index (χ3n) is 3.33. The predicted molar refractivity (Wildman–Crippen MR) is 76.3 cm³/mol. The molecule has 1 aliphatic heterocycles. The Morgan fingerprint density at radius 2 is 2.50 bits per heavy atom. The van der Waals surface area contributed by atoms with E-state index >= 15 is 0 Å². The third kappa shape index (κ3) is 3.06. The van der Waals surface area contributed by atoms with Gasteiger partial charge in [0, 0.05) is 19.1 Å². The van der Waals surface area contributed by atoms with E-state index in [2.05, 4.69) is 15.0 Å². The summed E-state index contributed by atoms with van der Waals surface area (Å²) in [5, 5.41) is 6.02. The molecule has 108 valence electrons. The maximum atomic E-state index is 5.89. The second-order valence-electron chi connectivity index (χ2n) is 4.99. The van der Waals surface area contributed by atoms with E-state index in [1.54, 1.807) is 11.3 Å². The number of rotatable bonds is 4. The summed E-state index contributed by atoms with van der Waals surface area (Å²) in [4.78, 5) is 7.70. The van der Waals surface area contributed by atoms with Crippen molar-refractivity contribution in [2.45, 2.75) is 25.6 Å². The quantitative estimate of drug-likeness (QED) is 0.917. The van der Waals surface area contributed by atoms with Crippen LogP contribution in [0.2, 0.25) is 0 Å². The Balaban J connectivity index is 1.63. The standard InChI is InChI=1S/C13H18N4O2S/c1-9(14)10-7-17(4-5-18-10)8-12-15-13(16-19-12)11-3-2-6-20-11/h2-3,6,9-10H,4-5,7-8,14H2,1H3. The molecule has 0 bridgehead atoms. The van der Waals surface area contributed by atoms with Gasteiger partial charge in [-0.05, 0) is 18.4 Å². The van der Waals surface area contributed by atoms with Crippen LogP contribution in [-0.2, 0) is 11.3 Å². The van der Waals surface area contributed by atoms with Gasteiger partial charge in [0.2, 0.25) is 11.7 Å². The molecule has 0 aliphatic carbocycles. The molecule has 2 N–H and O–H groups in total. The number of hydrogen-bond donors (Lipinski definition) is 1. The topological polar surface area (TPSA) is 77.4 Å². The van der Waals surface area contributed by atoms with E-state index in [1.807, 2.05) is 24.4 Å². The zero-order valence-corrected chi connectivity index (χ0v) is 12.2. The van der Waals surface area contributed by atoms with Gasteiger partial charge < -0.3 is 15.0 Å². The predicted octanol–water partition coefficient (Wildman–Crippen LogP) is 1.35. The average molecular weight is 294 g/mol. The van der Waals surface area contributed by atoms with Crippen molar-refractivity contribution in [3.63, 3.8) is 0 Å². The fourth-order valence-corrected chi connectivity index (χ4v) is 2.86. The van der Waals surface area contributed by atoms with Crippen molar-refractivity contribution >= 4 is 11.3 Å². The molecule has 20 heavy (non-hydrogen) atoms. The summed E-state index contributed by atoms with van der Waals surface area (Å²) >= 11 is 1.60. The van der Waals surface area contributed by atoms with Gasteiger partial charge in [-0.3, -0.25) is 4.90 Å². The van der Waals surface area contributed by atoms with Gasteiger partial charge in [0.15, 0.2) is 0 Å². The lowest BCUT2D eigenvalue weighted by molar-refractivity contribution is -0.0427. The van der Waals surface area contributed by atoms with E-state index in [4.69, 9.17) is 15.0 Å². The molecule has 0 aromatic carbocycles. The highest BCUT2D eigenvalue weighted by Crippen LogP contribution is 2.21. The normalized spacial score (nSPS) is 22.0. The number of morpholine rings is 1. The van der Waals surface area contributed by atoms with Crippen molar-refractivity contribution in [3.05, 3.63) is 23.4 Å². The van der Waals surface area contributed by atoms with Crippen LogP contribution >= 0.6 is 11.3 Å². The molecule has 1 fully saturated rings. The average Bonchev–Trinajstić information content (AvgIpc) is 3.09. The molecule has 0 saturated carbocycles. The Kier molecular flexibility index (Phi) is 4.11. The van der Waals surface area contributed by atoms with Crippen LogP contribution in [0.1, 0.15) is 12.8 Å². The number of thiophene rings is 1. The zero-order valence-electron chi connectivity index (χ0n) is 11.4. The van der Waals surface area contributed by atoms with E-state index in [-0.39, 0.29) is 12.1 Å². The first-order chi connectivity index (χ1) is 9.72. The SMILES string of the molecule is CC(N)C1CN(Cc2nc(-c3cccs3)no2)CCO1. The van der Waals surface area contributed by atoms with Crippen molar-refractivity contribution in [1.29, 1.82) is 0 Å². The molecule has 2 atom stereocenters. The summed E-state index contributed by atoms with van der Waals surface area (Å²) in [5.41, 5.74) is 5.89. The van der Waals surface area contributed by atoms with Crippen molar-refractivity contribution in [2.75, 3.05) is 19.7 Å². The monoisotopic (exact) mass is 294 g/mol. The Bertz CT molecular complexity index is 540. The highest BCUT2D eigenvalue weighted by molar-refractivity contribution is 7.13. The Morgan fingerprint density at radius 3 is 3.25 bits per heavy atom. The number of nitrogens with zero attached hydrogens (tertiary/aromatic N) is 3. The van der Waals surface area contributed by atoms with Gasteiger partial charge in [0.1, 0.15) is 0 Å². The van der Waals surface area contributed by atoms with Crippen LogP contribution in [0.15, 0.2) is 22.0 Å². The molecule has 6 nitrogen and oxygen atoms in total. The smallest absolute Gasteiger partial charge is 0.241 e. The highest BCUT2D eigenvalue weighted by atomic mass is 32.1. The van der Waals surface area contributed by atoms with Crippen LogP contribution in [-0.4, -0.2) is 46.9 Å². The first-order valence-corrected chi connectivity index (χ1v) is 7.56. The van der Waals surface area contributed by atoms with Gasteiger partial charge in [-0.2, -0.15) is 4.98 Å². The molecule has 2 aromatic rings. The summed E-state index contributed by atoms with van der Waals surface area (Å²) in [7, 11) is 0. The molecular formula is C13H18N4O2S. The maximum Gasteiger partial charge on any atom is 0.241 e. The first kappa shape index (κ1) is 13.7. The molecular weight excluding hydrogens is 276 g/mol. The number of nitrogens with two attached hydrogens (primary N) is 1. The molecule has 3 rings (SSSR count). The van der Waals surface area contributed by atoms with Gasteiger partial charge in [0.05, 0.1) is 24.1 Å². The maximum absolute atomic E-state index is 5.89. The van der Waals surface area contributed by atoms with Crippen LogP contribution in [0.5, 0.6) is 0 Å². The van der Waals surface area contributed by atoms with Crippen molar-refractivity contribution in [1.82, 2.24) is 15.0 Å². The molecule has 2 aromatic heterocycles. The Labute approximate surface area is 121 Å². The van der Waals surface area contributed by atoms with Crippen molar-refractivity contribution in [3.8, 4) is 10.7 Å². The van der Waals surface area contributed by atoms with Crippen LogP contribution in [0.25, 0.3) is 10.7 Å². The van der Waals surface area contributed by atoms with Gasteiger partial charge in [-0.15, -0.1) is 11.3 Å².